The van der Waals surface area contributed by atoms with Crippen molar-refractivity contribution in [2.75, 3.05) is 13.1 Å². The largest absolute Gasteiger partial charge is 0.481 e. The maximum atomic E-state index is 11.0. The van der Waals surface area contributed by atoms with E-state index in [1.807, 2.05) is 18.6 Å². The first-order valence-electron chi connectivity index (χ1n) is 5.45. The molecule has 16 heavy (non-hydrogen) atoms. The molecule has 0 spiro atoms. The first-order chi connectivity index (χ1) is 7.59. The molecule has 1 aromatic heterocycles. The Labute approximate surface area is 98.9 Å². The molecule has 88 valence electrons. The van der Waals surface area contributed by atoms with E-state index in [0.717, 1.165) is 6.54 Å². The molecule has 1 aromatic rings. The van der Waals surface area contributed by atoms with Gasteiger partial charge in [0, 0.05) is 30.2 Å². The quantitative estimate of drug-likeness (QED) is 0.876. The molecule has 0 aromatic carbocycles. The lowest BCUT2D eigenvalue weighted by Gasteiger charge is -2.22. The van der Waals surface area contributed by atoms with Gasteiger partial charge >= 0.3 is 5.97 Å². The highest BCUT2D eigenvalue weighted by molar-refractivity contribution is 7.09. The van der Waals surface area contributed by atoms with E-state index in [1.54, 1.807) is 11.3 Å². The van der Waals surface area contributed by atoms with Crippen molar-refractivity contribution in [1.82, 2.24) is 9.88 Å². The number of thiazole rings is 1. The summed E-state index contributed by atoms with van der Waals surface area (Å²) in [5, 5.41) is 9.08. The van der Waals surface area contributed by atoms with Crippen LogP contribution in [-0.2, 0) is 4.79 Å². The SMILES string of the molecule is CC1CN(C(C)c2cncs2)CC1C(=O)O. The summed E-state index contributed by atoms with van der Waals surface area (Å²) in [5.74, 6) is -0.672. The predicted octanol–water partition coefficient (Wildman–Crippen LogP) is 1.86. The van der Waals surface area contributed by atoms with E-state index in [2.05, 4.69) is 16.8 Å². The molecular weight excluding hydrogens is 224 g/mol. The number of nitrogens with zero attached hydrogens (tertiary/aromatic N) is 2. The first kappa shape index (κ1) is 11.5. The van der Waals surface area contributed by atoms with Crippen LogP contribution >= 0.6 is 11.3 Å². The molecule has 2 rings (SSSR count). The lowest BCUT2D eigenvalue weighted by Crippen LogP contribution is -2.25. The highest BCUT2D eigenvalue weighted by atomic mass is 32.1. The van der Waals surface area contributed by atoms with Crippen molar-refractivity contribution in [3.05, 3.63) is 16.6 Å². The van der Waals surface area contributed by atoms with Crippen molar-refractivity contribution in [1.29, 1.82) is 0 Å². The Bertz CT molecular complexity index is 366. The number of carbonyl (C=O) groups is 1. The zero-order valence-corrected chi connectivity index (χ0v) is 10.3. The van der Waals surface area contributed by atoms with E-state index in [9.17, 15) is 4.79 Å². The Morgan fingerprint density at radius 3 is 2.94 bits per heavy atom. The Morgan fingerprint density at radius 2 is 2.44 bits per heavy atom. The fourth-order valence-corrected chi connectivity index (χ4v) is 2.97. The smallest absolute Gasteiger partial charge is 0.308 e. The van der Waals surface area contributed by atoms with E-state index < -0.39 is 5.97 Å². The van der Waals surface area contributed by atoms with Crippen LogP contribution in [0.25, 0.3) is 0 Å². The summed E-state index contributed by atoms with van der Waals surface area (Å²) in [7, 11) is 0. The van der Waals surface area contributed by atoms with Gasteiger partial charge in [0.05, 0.1) is 11.4 Å². The maximum absolute atomic E-state index is 11.0. The number of hydrogen-bond acceptors (Lipinski definition) is 4. The minimum absolute atomic E-state index is 0.227. The second kappa shape index (κ2) is 4.51. The summed E-state index contributed by atoms with van der Waals surface area (Å²) in [6.45, 7) is 5.63. The third-order valence-electron chi connectivity index (χ3n) is 3.37. The number of hydrogen-bond donors (Lipinski definition) is 1. The van der Waals surface area contributed by atoms with Crippen LogP contribution in [0.1, 0.15) is 24.8 Å². The second-order valence-electron chi connectivity index (χ2n) is 4.46. The van der Waals surface area contributed by atoms with Crippen molar-refractivity contribution in [3.8, 4) is 0 Å². The molecular formula is C11H16N2O2S. The number of likely N-dealkylation sites (tertiary alicyclic amines) is 1. The standard InChI is InChI=1S/C11H16N2O2S/c1-7-4-13(5-9(7)11(14)15)8(2)10-3-12-6-16-10/h3,6-9H,4-5H2,1-2H3,(H,14,15). The molecule has 0 aliphatic carbocycles. The third-order valence-corrected chi connectivity index (χ3v) is 4.31. The number of carboxylic acid groups (broad SMARTS) is 1. The van der Waals surface area contributed by atoms with Crippen LogP contribution in [0.3, 0.4) is 0 Å². The van der Waals surface area contributed by atoms with Gasteiger partial charge in [-0.05, 0) is 12.8 Å². The Hall–Kier alpha value is -0.940. The molecule has 1 aliphatic rings. The zero-order chi connectivity index (χ0) is 11.7. The van der Waals surface area contributed by atoms with Gasteiger partial charge in [0.15, 0.2) is 0 Å². The average Bonchev–Trinajstić information content (AvgIpc) is 2.84. The van der Waals surface area contributed by atoms with Crippen molar-refractivity contribution >= 4 is 17.3 Å². The van der Waals surface area contributed by atoms with Gasteiger partial charge in [-0.25, -0.2) is 0 Å². The second-order valence-corrected chi connectivity index (χ2v) is 5.37. The molecule has 3 atom stereocenters. The van der Waals surface area contributed by atoms with Crippen LogP contribution in [0.2, 0.25) is 0 Å². The lowest BCUT2D eigenvalue weighted by atomic mass is 9.99. The van der Waals surface area contributed by atoms with E-state index in [1.165, 1.54) is 4.88 Å². The zero-order valence-electron chi connectivity index (χ0n) is 9.46. The molecule has 2 heterocycles. The maximum Gasteiger partial charge on any atom is 0.308 e. The molecule has 0 amide bonds. The topological polar surface area (TPSA) is 53.4 Å². The van der Waals surface area contributed by atoms with E-state index in [-0.39, 0.29) is 17.9 Å². The molecule has 4 nitrogen and oxygen atoms in total. The van der Waals surface area contributed by atoms with E-state index in [4.69, 9.17) is 5.11 Å². The first-order valence-corrected chi connectivity index (χ1v) is 6.32. The highest BCUT2D eigenvalue weighted by Crippen LogP contribution is 2.32. The van der Waals surface area contributed by atoms with Crippen LogP contribution in [0, 0.1) is 11.8 Å². The number of rotatable bonds is 3. The van der Waals surface area contributed by atoms with Crippen molar-refractivity contribution in [2.24, 2.45) is 11.8 Å². The summed E-state index contributed by atoms with van der Waals surface area (Å²) >= 11 is 1.63. The molecule has 3 unspecified atom stereocenters. The minimum atomic E-state index is -0.675. The fourth-order valence-electron chi connectivity index (χ4n) is 2.25. The molecule has 0 radical (unpaired) electrons. The highest BCUT2D eigenvalue weighted by Gasteiger charge is 2.37. The van der Waals surface area contributed by atoms with Gasteiger partial charge in [0.2, 0.25) is 0 Å². The monoisotopic (exact) mass is 240 g/mol. The van der Waals surface area contributed by atoms with Crippen molar-refractivity contribution < 1.29 is 9.90 Å². The lowest BCUT2D eigenvalue weighted by molar-refractivity contribution is -0.142. The molecule has 1 N–H and O–H groups in total. The van der Waals surface area contributed by atoms with Crippen molar-refractivity contribution in [3.63, 3.8) is 0 Å². The average molecular weight is 240 g/mol. The normalized spacial score (nSPS) is 28.1. The van der Waals surface area contributed by atoms with Gasteiger partial charge in [-0.15, -0.1) is 11.3 Å². The van der Waals surface area contributed by atoms with Crippen LogP contribution in [0.15, 0.2) is 11.7 Å². The van der Waals surface area contributed by atoms with E-state index >= 15 is 0 Å². The molecule has 1 fully saturated rings. The fraction of sp³-hybridized carbons (Fsp3) is 0.636. The van der Waals surface area contributed by atoms with Crippen LogP contribution in [-0.4, -0.2) is 34.0 Å². The molecule has 0 saturated carbocycles. The Balaban J connectivity index is 2.05. The van der Waals surface area contributed by atoms with Crippen LogP contribution in [0.4, 0.5) is 0 Å². The number of aromatic nitrogens is 1. The molecule has 0 bridgehead atoms. The summed E-state index contributed by atoms with van der Waals surface area (Å²) < 4.78 is 0. The van der Waals surface area contributed by atoms with Crippen LogP contribution < -0.4 is 0 Å². The summed E-state index contributed by atoms with van der Waals surface area (Å²) in [6.07, 6.45) is 1.87. The van der Waals surface area contributed by atoms with Crippen LogP contribution in [0.5, 0.6) is 0 Å². The van der Waals surface area contributed by atoms with Gasteiger partial charge in [0.1, 0.15) is 0 Å². The summed E-state index contributed by atoms with van der Waals surface area (Å²) in [5.41, 5.74) is 1.82. The van der Waals surface area contributed by atoms with Gasteiger partial charge in [-0.1, -0.05) is 6.92 Å². The number of carboxylic acids is 1. The number of aliphatic carboxylic acids is 1. The Morgan fingerprint density at radius 1 is 1.69 bits per heavy atom. The Kier molecular flexibility index (Phi) is 3.25. The third kappa shape index (κ3) is 2.10. The van der Waals surface area contributed by atoms with Gasteiger partial charge in [-0.3, -0.25) is 14.7 Å². The van der Waals surface area contributed by atoms with E-state index in [0.29, 0.717) is 6.54 Å². The van der Waals surface area contributed by atoms with Crippen molar-refractivity contribution in [2.45, 2.75) is 19.9 Å². The predicted molar refractivity (Wildman–Crippen MR) is 62.4 cm³/mol. The van der Waals surface area contributed by atoms with Gasteiger partial charge in [-0.2, -0.15) is 0 Å². The molecule has 5 heteroatoms. The minimum Gasteiger partial charge on any atom is -0.481 e. The van der Waals surface area contributed by atoms with Gasteiger partial charge in [0.25, 0.3) is 0 Å². The summed E-state index contributed by atoms with van der Waals surface area (Å²) in [4.78, 5) is 18.5. The molecule has 1 saturated heterocycles. The van der Waals surface area contributed by atoms with Gasteiger partial charge < -0.3 is 5.11 Å². The summed E-state index contributed by atoms with van der Waals surface area (Å²) in [6, 6.07) is 0.277. The molecule has 1 aliphatic heterocycles.